The molecule has 124 valence electrons. The lowest BCUT2D eigenvalue weighted by atomic mass is 10.1. The first-order chi connectivity index (χ1) is 11.5. The highest BCUT2D eigenvalue weighted by Gasteiger charge is 2.35. The van der Waals surface area contributed by atoms with Crippen molar-refractivity contribution >= 4 is 23.2 Å². The van der Waals surface area contributed by atoms with Gasteiger partial charge in [0, 0.05) is 24.3 Å². The molecular weight excluding hydrogens is 300 g/mol. The van der Waals surface area contributed by atoms with E-state index in [1.807, 2.05) is 57.2 Å². The molecule has 0 aliphatic carbocycles. The van der Waals surface area contributed by atoms with Crippen LogP contribution in [0.25, 0.3) is 0 Å². The number of amides is 2. The molecule has 1 N–H and O–H groups in total. The van der Waals surface area contributed by atoms with Gasteiger partial charge in [0.2, 0.25) is 11.8 Å². The molecule has 2 aromatic carbocycles. The highest BCUT2D eigenvalue weighted by molar-refractivity contribution is 6.04. The molecule has 0 unspecified atom stereocenters. The smallest absolute Gasteiger partial charge is 0.229 e. The Morgan fingerprint density at radius 3 is 2.54 bits per heavy atom. The molecule has 0 saturated carbocycles. The summed E-state index contributed by atoms with van der Waals surface area (Å²) < 4.78 is 0. The van der Waals surface area contributed by atoms with Crippen molar-refractivity contribution in [3.63, 3.8) is 0 Å². The zero-order chi connectivity index (χ0) is 17.3. The maximum absolute atomic E-state index is 12.5. The molecule has 24 heavy (non-hydrogen) atoms. The second-order valence-corrected chi connectivity index (χ2v) is 6.50. The van der Waals surface area contributed by atoms with E-state index in [9.17, 15) is 9.59 Å². The lowest BCUT2D eigenvalue weighted by Crippen LogP contribution is -2.28. The van der Waals surface area contributed by atoms with Crippen LogP contribution in [0.1, 0.15) is 23.1 Å². The van der Waals surface area contributed by atoms with Gasteiger partial charge in [-0.05, 0) is 44.0 Å². The average Bonchev–Trinajstić information content (AvgIpc) is 2.91. The van der Waals surface area contributed by atoms with E-state index in [1.165, 1.54) is 0 Å². The summed E-state index contributed by atoms with van der Waals surface area (Å²) >= 11 is 0. The SMILES string of the molecule is Cc1ccc(N2C[C@@H](C(=O)Nc3ccccc3C)CC2=O)c(C)c1. The van der Waals surface area contributed by atoms with Gasteiger partial charge < -0.3 is 10.2 Å². The van der Waals surface area contributed by atoms with Crippen LogP contribution in [0.5, 0.6) is 0 Å². The Morgan fingerprint density at radius 2 is 1.83 bits per heavy atom. The van der Waals surface area contributed by atoms with Crippen molar-refractivity contribution < 1.29 is 9.59 Å². The topological polar surface area (TPSA) is 49.4 Å². The largest absolute Gasteiger partial charge is 0.326 e. The highest BCUT2D eigenvalue weighted by Crippen LogP contribution is 2.29. The molecule has 2 aromatic rings. The first kappa shape index (κ1) is 16.2. The number of anilines is 2. The van der Waals surface area contributed by atoms with Crippen LogP contribution in [0, 0.1) is 26.7 Å². The Balaban J connectivity index is 1.74. The van der Waals surface area contributed by atoms with Gasteiger partial charge in [-0.3, -0.25) is 9.59 Å². The van der Waals surface area contributed by atoms with Gasteiger partial charge in [0.05, 0.1) is 5.92 Å². The second-order valence-electron chi connectivity index (χ2n) is 6.50. The first-order valence-electron chi connectivity index (χ1n) is 8.20. The van der Waals surface area contributed by atoms with Crippen molar-refractivity contribution in [2.24, 2.45) is 5.92 Å². The maximum atomic E-state index is 12.5. The summed E-state index contributed by atoms with van der Waals surface area (Å²) in [5.74, 6) is -0.408. The van der Waals surface area contributed by atoms with Crippen LogP contribution in [-0.2, 0) is 9.59 Å². The van der Waals surface area contributed by atoms with Crippen LogP contribution in [0.15, 0.2) is 42.5 Å². The zero-order valence-corrected chi connectivity index (χ0v) is 14.3. The lowest BCUT2D eigenvalue weighted by Gasteiger charge is -2.19. The Morgan fingerprint density at radius 1 is 1.08 bits per heavy atom. The van der Waals surface area contributed by atoms with Crippen LogP contribution in [-0.4, -0.2) is 18.4 Å². The van der Waals surface area contributed by atoms with Gasteiger partial charge in [-0.2, -0.15) is 0 Å². The van der Waals surface area contributed by atoms with E-state index in [-0.39, 0.29) is 24.2 Å². The number of hydrogen-bond donors (Lipinski definition) is 1. The van der Waals surface area contributed by atoms with E-state index >= 15 is 0 Å². The molecule has 2 amide bonds. The summed E-state index contributed by atoms with van der Waals surface area (Å²) in [7, 11) is 0. The summed E-state index contributed by atoms with van der Waals surface area (Å²) in [4.78, 5) is 26.7. The van der Waals surface area contributed by atoms with Gasteiger partial charge in [0.15, 0.2) is 0 Å². The van der Waals surface area contributed by atoms with Crippen molar-refractivity contribution in [3.8, 4) is 0 Å². The monoisotopic (exact) mass is 322 g/mol. The van der Waals surface area contributed by atoms with Crippen molar-refractivity contribution in [2.45, 2.75) is 27.2 Å². The highest BCUT2D eigenvalue weighted by atomic mass is 16.2. The summed E-state index contributed by atoms with van der Waals surface area (Å²) in [6.45, 7) is 6.41. The van der Waals surface area contributed by atoms with Gasteiger partial charge in [0.1, 0.15) is 0 Å². The van der Waals surface area contributed by atoms with Gasteiger partial charge in [-0.25, -0.2) is 0 Å². The summed E-state index contributed by atoms with van der Waals surface area (Å²) in [6, 6.07) is 13.7. The summed E-state index contributed by atoms with van der Waals surface area (Å²) in [5, 5.41) is 2.95. The number of nitrogens with zero attached hydrogens (tertiary/aromatic N) is 1. The second kappa shape index (κ2) is 6.48. The van der Waals surface area contributed by atoms with Crippen molar-refractivity contribution in [2.75, 3.05) is 16.8 Å². The van der Waals surface area contributed by atoms with Gasteiger partial charge in [0.25, 0.3) is 0 Å². The molecular formula is C20H22N2O2. The number of carbonyl (C=O) groups is 2. The fourth-order valence-electron chi connectivity index (χ4n) is 3.17. The molecule has 1 atom stereocenters. The minimum absolute atomic E-state index is 0.00638. The third kappa shape index (κ3) is 3.18. The molecule has 3 rings (SSSR count). The number of nitrogens with one attached hydrogen (secondary N) is 1. The molecule has 1 fully saturated rings. The van der Waals surface area contributed by atoms with Gasteiger partial charge >= 0.3 is 0 Å². The molecule has 1 heterocycles. The molecule has 4 nitrogen and oxygen atoms in total. The molecule has 0 bridgehead atoms. The Hall–Kier alpha value is -2.62. The van der Waals surface area contributed by atoms with E-state index < -0.39 is 0 Å². The number of hydrogen-bond acceptors (Lipinski definition) is 2. The number of aryl methyl sites for hydroxylation is 3. The molecule has 0 aromatic heterocycles. The average molecular weight is 322 g/mol. The fraction of sp³-hybridized carbons (Fsp3) is 0.300. The Kier molecular flexibility index (Phi) is 4.38. The lowest BCUT2D eigenvalue weighted by molar-refractivity contribution is -0.122. The molecule has 1 saturated heterocycles. The van der Waals surface area contributed by atoms with Crippen LogP contribution in [0.2, 0.25) is 0 Å². The van der Waals surface area contributed by atoms with E-state index in [4.69, 9.17) is 0 Å². The fourth-order valence-corrected chi connectivity index (χ4v) is 3.17. The maximum Gasteiger partial charge on any atom is 0.229 e. The Labute approximate surface area is 142 Å². The molecule has 0 radical (unpaired) electrons. The quantitative estimate of drug-likeness (QED) is 0.938. The summed E-state index contributed by atoms with van der Waals surface area (Å²) in [6.07, 6.45) is 0.255. The minimum Gasteiger partial charge on any atom is -0.326 e. The summed E-state index contributed by atoms with van der Waals surface area (Å²) in [5.41, 5.74) is 4.94. The number of rotatable bonds is 3. The van der Waals surface area contributed by atoms with Gasteiger partial charge in [-0.1, -0.05) is 35.9 Å². The molecule has 0 spiro atoms. The zero-order valence-electron chi connectivity index (χ0n) is 14.3. The molecule has 4 heteroatoms. The van der Waals surface area contributed by atoms with Crippen LogP contribution < -0.4 is 10.2 Å². The first-order valence-corrected chi connectivity index (χ1v) is 8.20. The third-order valence-electron chi connectivity index (χ3n) is 4.54. The predicted molar refractivity (Wildman–Crippen MR) is 96.2 cm³/mol. The van der Waals surface area contributed by atoms with Crippen LogP contribution in [0.3, 0.4) is 0 Å². The van der Waals surface area contributed by atoms with E-state index in [0.29, 0.717) is 6.54 Å². The molecule has 1 aliphatic heterocycles. The Bertz CT molecular complexity index is 798. The van der Waals surface area contributed by atoms with Crippen molar-refractivity contribution in [3.05, 3.63) is 59.2 Å². The molecule has 1 aliphatic rings. The van der Waals surface area contributed by atoms with Crippen molar-refractivity contribution in [1.82, 2.24) is 0 Å². The van der Waals surface area contributed by atoms with E-state index in [2.05, 4.69) is 11.4 Å². The third-order valence-corrected chi connectivity index (χ3v) is 4.54. The number of benzene rings is 2. The number of para-hydroxylation sites is 1. The van der Waals surface area contributed by atoms with Crippen molar-refractivity contribution in [1.29, 1.82) is 0 Å². The van der Waals surface area contributed by atoms with E-state index in [1.54, 1.807) is 4.90 Å². The predicted octanol–water partition coefficient (Wildman–Crippen LogP) is 3.60. The standard InChI is InChI=1S/C20H22N2O2/c1-13-8-9-18(15(3)10-13)22-12-16(11-19(22)23)20(24)21-17-7-5-4-6-14(17)2/h4-10,16H,11-12H2,1-3H3,(H,21,24)/t16-/m0/s1. The van der Waals surface area contributed by atoms with Gasteiger partial charge in [-0.15, -0.1) is 0 Å². The number of carbonyl (C=O) groups excluding carboxylic acids is 2. The van der Waals surface area contributed by atoms with E-state index in [0.717, 1.165) is 28.1 Å². The van der Waals surface area contributed by atoms with Crippen LogP contribution in [0.4, 0.5) is 11.4 Å². The normalized spacial score (nSPS) is 17.2. The minimum atomic E-state index is -0.321. The van der Waals surface area contributed by atoms with Crippen LogP contribution >= 0.6 is 0 Å².